The fraction of sp³-hybridized carbons (Fsp3) is 0.412. The predicted octanol–water partition coefficient (Wildman–Crippen LogP) is 3.88. The molecule has 1 aromatic carbocycles. The molecule has 1 amide bonds. The quantitative estimate of drug-likeness (QED) is 0.845. The van der Waals surface area contributed by atoms with Gasteiger partial charge in [-0.05, 0) is 38.0 Å². The first kappa shape index (κ1) is 14.8. The van der Waals surface area contributed by atoms with Crippen molar-refractivity contribution in [1.29, 1.82) is 0 Å². The van der Waals surface area contributed by atoms with Crippen LogP contribution in [-0.2, 0) is 0 Å². The van der Waals surface area contributed by atoms with E-state index in [1.165, 1.54) is 12.1 Å². The Morgan fingerprint density at radius 3 is 2.91 bits per heavy atom. The Morgan fingerprint density at radius 2 is 2.18 bits per heavy atom. The molecular formula is C17H19FN2O2. The minimum atomic E-state index is -0.396. The highest BCUT2D eigenvalue weighted by Crippen LogP contribution is 2.31. The Hall–Kier alpha value is -2.17. The molecule has 5 heteroatoms. The van der Waals surface area contributed by atoms with Crippen molar-refractivity contribution >= 4 is 5.91 Å². The van der Waals surface area contributed by atoms with Gasteiger partial charge in [-0.2, -0.15) is 0 Å². The highest BCUT2D eigenvalue weighted by atomic mass is 19.1. The number of benzene rings is 1. The van der Waals surface area contributed by atoms with E-state index in [2.05, 4.69) is 5.16 Å². The number of carbonyl (C=O) groups is 1. The lowest BCUT2D eigenvalue weighted by molar-refractivity contribution is 0.0650. The van der Waals surface area contributed by atoms with Crippen molar-refractivity contribution in [3.8, 4) is 0 Å². The Balaban J connectivity index is 1.91. The standard InChI is InChI=1S/C17H19FN2O2/c1-12-10-16(22-19-12)15-8-3-2-4-9-20(15)17(21)13-6-5-7-14(18)11-13/h5-7,10-11,15H,2-4,8-9H2,1H3/t15-/m0/s1. The van der Waals surface area contributed by atoms with Crippen LogP contribution in [0.1, 0.15) is 53.5 Å². The van der Waals surface area contributed by atoms with E-state index < -0.39 is 5.82 Å². The number of halogens is 1. The van der Waals surface area contributed by atoms with Crippen molar-refractivity contribution in [1.82, 2.24) is 10.1 Å². The molecule has 0 aliphatic carbocycles. The number of carbonyl (C=O) groups excluding carboxylic acids is 1. The van der Waals surface area contributed by atoms with Crippen LogP contribution in [0, 0.1) is 12.7 Å². The van der Waals surface area contributed by atoms with Crippen LogP contribution in [0.5, 0.6) is 0 Å². The van der Waals surface area contributed by atoms with Gasteiger partial charge in [0, 0.05) is 18.2 Å². The molecule has 116 valence electrons. The van der Waals surface area contributed by atoms with Crippen LogP contribution in [0.15, 0.2) is 34.9 Å². The maximum Gasteiger partial charge on any atom is 0.254 e. The van der Waals surface area contributed by atoms with Gasteiger partial charge in [-0.15, -0.1) is 0 Å². The molecule has 22 heavy (non-hydrogen) atoms. The average molecular weight is 302 g/mol. The first-order valence-corrected chi connectivity index (χ1v) is 7.65. The summed E-state index contributed by atoms with van der Waals surface area (Å²) in [6, 6.07) is 7.60. The van der Waals surface area contributed by atoms with E-state index >= 15 is 0 Å². The van der Waals surface area contributed by atoms with Crippen LogP contribution in [-0.4, -0.2) is 22.5 Å². The van der Waals surface area contributed by atoms with Crippen LogP contribution in [0.4, 0.5) is 4.39 Å². The molecule has 0 radical (unpaired) electrons. The molecule has 1 saturated heterocycles. The lowest BCUT2D eigenvalue weighted by Gasteiger charge is -2.28. The van der Waals surface area contributed by atoms with E-state index in [4.69, 9.17) is 4.52 Å². The zero-order chi connectivity index (χ0) is 15.5. The molecule has 1 aromatic heterocycles. The van der Waals surface area contributed by atoms with E-state index in [0.717, 1.165) is 31.4 Å². The van der Waals surface area contributed by atoms with Crippen molar-refractivity contribution in [2.75, 3.05) is 6.54 Å². The van der Waals surface area contributed by atoms with Gasteiger partial charge in [0.25, 0.3) is 5.91 Å². The second-order valence-corrected chi connectivity index (χ2v) is 5.74. The molecule has 4 nitrogen and oxygen atoms in total. The van der Waals surface area contributed by atoms with Crippen molar-refractivity contribution in [2.24, 2.45) is 0 Å². The molecule has 1 atom stereocenters. The first-order valence-electron chi connectivity index (χ1n) is 7.65. The number of amides is 1. The van der Waals surface area contributed by atoms with E-state index in [0.29, 0.717) is 17.9 Å². The van der Waals surface area contributed by atoms with Crippen LogP contribution in [0.25, 0.3) is 0 Å². The molecule has 0 saturated carbocycles. The number of rotatable bonds is 2. The Bertz CT molecular complexity index is 668. The average Bonchev–Trinajstić information content (AvgIpc) is 2.80. The molecule has 1 aliphatic heterocycles. The zero-order valence-electron chi connectivity index (χ0n) is 12.6. The summed E-state index contributed by atoms with van der Waals surface area (Å²) < 4.78 is 18.8. The van der Waals surface area contributed by atoms with Crippen LogP contribution in [0.2, 0.25) is 0 Å². The SMILES string of the molecule is Cc1cc([C@@H]2CCCCCN2C(=O)c2cccc(F)c2)on1. The smallest absolute Gasteiger partial charge is 0.254 e. The molecule has 2 aromatic rings. The van der Waals surface area contributed by atoms with Gasteiger partial charge in [0.15, 0.2) is 5.76 Å². The third-order valence-corrected chi connectivity index (χ3v) is 4.06. The summed E-state index contributed by atoms with van der Waals surface area (Å²) in [5, 5.41) is 3.93. The van der Waals surface area contributed by atoms with Gasteiger partial charge in [0.1, 0.15) is 5.82 Å². The zero-order valence-corrected chi connectivity index (χ0v) is 12.6. The summed E-state index contributed by atoms with van der Waals surface area (Å²) in [4.78, 5) is 14.6. The molecule has 0 bridgehead atoms. The van der Waals surface area contributed by atoms with E-state index in [-0.39, 0.29) is 11.9 Å². The summed E-state index contributed by atoms with van der Waals surface area (Å²) >= 11 is 0. The molecule has 0 unspecified atom stereocenters. The topological polar surface area (TPSA) is 46.3 Å². The van der Waals surface area contributed by atoms with Crippen LogP contribution >= 0.6 is 0 Å². The fourth-order valence-electron chi connectivity index (χ4n) is 2.97. The van der Waals surface area contributed by atoms with Crippen LogP contribution in [0.3, 0.4) is 0 Å². The molecule has 2 heterocycles. The third-order valence-electron chi connectivity index (χ3n) is 4.06. The lowest BCUT2D eigenvalue weighted by atomic mass is 10.1. The van der Waals surface area contributed by atoms with Crippen molar-refractivity contribution in [2.45, 2.75) is 38.6 Å². The van der Waals surface area contributed by atoms with Crippen molar-refractivity contribution < 1.29 is 13.7 Å². The number of hydrogen-bond acceptors (Lipinski definition) is 3. The molecule has 0 N–H and O–H groups in total. The maximum absolute atomic E-state index is 13.4. The van der Waals surface area contributed by atoms with E-state index in [1.807, 2.05) is 13.0 Å². The Morgan fingerprint density at radius 1 is 1.32 bits per heavy atom. The van der Waals surface area contributed by atoms with Gasteiger partial charge in [0.05, 0.1) is 11.7 Å². The van der Waals surface area contributed by atoms with Gasteiger partial charge in [-0.25, -0.2) is 4.39 Å². The minimum Gasteiger partial charge on any atom is -0.359 e. The third kappa shape index (κ3) is 3.03. The second-order valence-electron chi connectivity index (χ2n) is 5.74. The second kappa shape index (κ2) is 6.30. The van der Waals surface area contributed by atoms with Crippen LogP contribution < -0.4 is 0 Å². The number of hydrogen-bond donors (Lipinski definition) is 0. The predicted molar refractivity (Wildman–Crippen MR) is 79.9 cm³/mol. The van der Waals surface area contributed by atoms with Gasteiger partial charge < -0.3 is 9.42 Å². The molecule has 3 rings (SSSR count). The summed E-state index contributed by atoms with van der Waals surface area (Å²) in [5.41, 5.74) is 1.18. The first-order chi connectivity index (χ1) is 10.6. The van der Waals surface area contributed by atoms with Gasteiger partial charge in [-0.1, -0.05) is 24.1 Å². The number of aromatic nitrogens is 1. The highest BCUT2D eigenvalue weighted by molar-refractivity contribution is 5.94. The Kier molecular flexibility index (Phi) is 4.22. The summed E-state index contributed by atoms with van der Waals surface area (Å²) in [5.74, 6) is 0.164. The van der Waals surface area contributed by atoms with Gasteiger partial charge in [-0.3, -0.25) is 4.79 Å². The van der Waals surface area contributed by atoms with E-state index in [1.54, 1.807) is 17.0 Å². The normalized spacial score (nSPS) is 19.0. The summed E-state index contributed by atoms with van der Waals surface area (Å²) in [6.07, 6.45) is 3.91. The van der Waals surface area contributed by atoms with Gasteiger partial charge in [0.2, 0.25) is 0 Å². The number of nitrogens with zero attached hydrogens (tertiary/aromatic N) is 2. The molecule has 1 aliphatic rings. The molecule has 1 fully saturated rings. The highest BCUT2D eigenvalue weighted by Gasteiger charge is 2.30. The molecule has 0 spiro atoms. The van der Waals surface area contributed by atoms with Gasteiger partial charge >= 0.3 is 0 Å². The van der Waals surface area contributed by atoms with E-state index in [9.17, 15) is 9.18 Å². The Labute approximate surface area is 128 Å². The summed E-state index contributed by atoms with van der Waals surface area (Å²) in [7, 11) is 0. The fourth-order valence-corrected chi connectivity index (χ4v) is 2.97. The maximum atomic E-state index is 13.4. The van der Waals surface area contributed by atoms with Crippen molar-refractivity contribution in [3.63, 3.8) is 0 Å². The molecular weight excluding hydrogens is 283 g/mol. The number of aryl methyl sites for hydroxylation is 1. The largest absolute Gasteiger partial charge is 0.359 e. The lowest BCUT2D eigenvalue weighted by Crippen LogP contribution is -2.34. The van der Waals surface area contributed by atoms with Crippen molar-refractivity contribution in [3.05, 3.63) is 53.2 Å². The summed E-state index contributed by atoms with van der Waals surface area (Å²) in [6.45, 7) is 2.52. The minimum absolute atomic E-state index is 0.125. The monoisotopic (exact) mass is 302 g/mol. The number of likely N-dealkylation sites (tertiary alicyclic amines) is 1.